The number of amides is 1. The molecule has 118 valence electrons. The second kappa shape index (κ2) is 6.30. The molecule has 5 nitrogen and oxygen atoms in total. The SMILES string of the molecule is CN(Cc1nc2c(F)c(F)cc(F)c2s1)C(=O)CCC(=O)O. The van der Waals surface area contributed by atoms with Crippen molar-refractivity contribution >= 4 is 33.4 Å². The van der Waals surface area contributed by atoms with Gasteiger partial charge in [-0.25, -0.2) is 18.2 Å². The smallest absolute Gasteiger partial charge is 0.303 e. The van der Waals surface area contributed by atoms with Gasteiger partial charge in [0, 0.05) is 19.5 Å². The molecule has 0 aliphatic rings. The highest BCUT2D eigenvalue weighted by atomic mass is 32.1. The Morgan fingerprint density at radius 1 is 1.27 bits per heavy atom. The molecule has 0 aliphatic heterocycles. The van der Waals surface area contributed by atoms with Gasteiger partial charge >= 0.3 is 5.97 Å². The number of nitrogens with zero attached hydrogens (tertiary/aromatic N) is 2. The van der Waals surface area contributed by atoms with E-state index in [0.29, 0.717) is 6.07 Å². The Labute approximate surface area is 127 Å². The van der Waals surface area contributed by atoms with Gasteiger partial charge in [-0.15, -0.1) is 11.3 Å². The van der Waals surface area contributed by atoms with Crippen molar-refractivity contribution in [1.29, 1.82) is 0 Å². The molecule has 0 radical (unpaired) electrons. The predicted octanol–water partition coefficient (Wildman–Crippen LogP) is 2.54. The number of benzene rings is 1. The first-order valence-corrected chi connectivity index (χ1v) is 7.00. The van der Waals surface area contributed by atoms with Crippen molar-refractivity contribution in [2.45, 2.75) is 19.4 Å². The average Bonchev–Trinajstić information content (AvgIpc) is 2.86. The normalized spacial score (nSPS) is 10.9. The third kappa shape index (κ3) is 3.35. The number of halogens is 3. The van der Waals surface area contributed by atoms with Crippen LogP contribution in [0.3, 0.4) is 0 Å². The van der Waals surface area contributed by atoms with E-state index in [4.69, 9.17) is 5.11 Å². The van der Waals surface area contributed by atoms with Crippen LogP contribution in [0.2, 0.25) is 0 Å². The Hall–Kier alpha value is -2.16. The molecule has 0 spiro atoms. The van der Waals surface area contributed by atoms with Gasteiger partial charge in [-0.3, -0.25) is 9.59 Å². The summed E-state index contributed by atoms with van der Waals surface area (Å²) in [5, 5.41) is 8.74. The molecule has 1 N–H and O–H groups in total. The van der Waals surface area contributed by atoms with Gasteiger partial charge in [-0.1, -0.05) is 0 Å². The Morgan fingerprint density at radius 2 is 1.95 bits per heavy atom. The van der Waals surface area contributed by atoms with E-state index in [9.17, 15) is 22.8 Å². The first kappa shape index (κ1) is 16.2. The fraction of sp³-hybridized carbons (Fsp3) is 0.308. The monoisotopic (exact) mass is 332 g/mol. The van der Waals surface area contributed by atoms with Crippen molar-refractivity contribution in [2.75, 3.05) is 7.05 Å². The molecule has 1 aromatic carbocycles. The quantitative estimate of drug-likeness (QED) is 0.854. The van der Waals surface area contributed by atoms with E-state index < -0.39 is 34.8 Å². The molecule has 0 saturated carbocycles. The molecule has 2 rings (SSSR count). The van der Waals surface area contributed by atoms with Gasteiger partial charge in [-0.05, 0) is 0 Å². The predicted molar refractivity (Wildman–Crippen MR) is 72.8 cm³/mol. The van der Waals surface area contributed by atoms with Gasteiger partial charge in [0.15, 0.2) is 11.6 Å². The van der Waals surface area contributed by atoms with E-state index in [2.05, 4.69) is 4.98 Å². The number of fused-ring (bicyclic) bond motifs is 1. The number of carbonyl (C=O) groups excluding carboxylic acids is 1. The van der Waals surface area contributed by atoms with Crippen LogP contribution in [0, 0.1) is 17.5 Å². The minimum Gasteiger partial charge on any atom is -0.481 e. The fourth-order valence-corrected chi connectivity index (χ4v) is 2.81. The molecular weight excluding hydrogens is 321 g/mol. The maximum Gasteiger partial charge on any atom is 0.303 e. The maximum atomic E-state index is 13.6. The van der Waals surface area contributed by atoms with E-state index in [-0.39, 0.29) is 29.1 Å². The molecule has 0 atom stereocenters. The summed E-state index contributed by atoms with van der Waals surface area (Å²) in [7, 11) is 1.42. The molecule has 1 amide bonds. The Bertz CT molecular complexity index is 748. The summed E-state index contributed by atoms with van der Waals surface area (Å²) in [6, 6.07) is 0.446. The molecule has 2 aromatic rings. The van der Waals surface area contributed by atoms with Crippen LogP contribution in [-0.2, 0) is 16.1 Å². The van der Waals surface area contributed by atoms with Crippen LogP contribution in [0.5, 0.6) is 0 Å². The van der Waals surface area contributed by atoms with Gasteiger partial charge in [0.1, 0.15) is 16.3 Å². The van der Waals surface area contributed by atoms with E-state index in [1.807, 2.05) is 0 Å². The van der Waals surface area contributed by atoms with Crippen LogP contribution in [0.25, 0.3) is 10.2 Å². The molecule has 0 unspecified atom stereocenters. The third-order valence-electron chi connectivity index (χ3n) is 2.91. The van der Waals surface area contributed by atoms with Crippen LogP contribution in [-0.4, -0.2) is 33.9 Å². The van der Waals surface area contributed by atoms with Crippen molar-refractivity contribution in [1.82, 2.24) is 9.88 Å². The second-order valence-electron chi connectivity index (χ2n) is 4.58. The number of hydrogen-bond donors (Lipinski definition) is 1. The first-order chi connectivity index (χ1) is 10.3. The van der Waals surface area contributed by atoms with Gasteiger partial charge in [0.05, 0.1) is 17.7 Å². The average molecular weight is 332 g/mol. The number of carboxylic acids is 1. The lowest BCUT2D eigenvalue weighted by atomic mass is 10.3. The number of aromatic nitrogens is 1. The highest BCUT2D eigenvalue weighted by Gasteiger charge is 2.19. The molecule has 0 saturated heterocycles. The van der Waals surface area contributed by atoms with E-state index >= 15 is 0 Å². The summed E-state index contributed by atoms with van der Waals surface area (Å²) in [5.41, 5.74) is -0.413. The van der Waals surface area contributed by atoms with E-state index in [1.165, 1.54) is 11.9 Å². The molecule has 0 aliphatic carbocycles. The van der Waals surface area contributed by atoms with E-state index in [0.717, 1.165) is 11.3 Å². The highest BCUT2D eigenvalue weighted by molar-refractivity contribution is 7.18. The van der Waals surface area contributed by atoms with Crippen LogP contribution in [0.4, 0.5) is 13.2 Å². The molecule has 9 heteroatoms. The van der Waals surface area contributed by atoms with Crippen molar-refractivity contribution in [3.63, 3.8) is 0 Å². The number of carboxylic acid groups (broad SMARTS) is 1. The zero-order valence-electron chi connectivity index (χ0n) is 11.4. The van der Waals surface area contributed by atoms with E-state index in [1.54, 1.807) is 0 Å². The lowest BCUT2D eigenvalue weighted by Crippen LogP contribution is -2.26. The van der Waals surface area contributed by atoms with Gasteiger partial charge in [-0.2, -0.15) is 0 Å². The Morgan fingerprint density at radius 3 is 2.59 bits per heavy atom. The van der Waals surface area contributed by atoms with Crippen molar-refractivity contribution in [3.05, 3.63) is 28.5 Å². The molecular formula is C13H11F3N2O3S. The lowest BCUT2D eigenvalue weighted by Gasteiger charge is -2.14. The number of rotatable bonds is 5. The molecule has 1 aromatic heterocycles. The fourth-order valence-electron chi connectivity index (χ4n) is 1.79. The van der Waals surface area contributed by atoms with Crippen LogP contribution < -0.4 is 0 Å². The zero-order chi connectivity index (χ0) is 16.4. The van der Waals surface area contributed by atoms with Crippen LogP contribution in [0.1, 0.15) is 17.8 Å². The van der Waals surface area contributed by atoms with Crippen LogP contribution >= 0.6 is 11.3 Å². The number of carbonyl (C=O) groups is 2. The van der Waals surface area contributed by atoms with Crippen molar-refractivity contribution in [3.8, 4) is 0 Å². The maximum absolute atomic E-state index is 13.6. The van der Waals surface area contributed by atoms with Gasteiger partial charge in [0.2, 0.25) is 5.91 Å². The number of aliphatic carboxylic acids is 1. The zero-order valence-corrected chi connectivity index (χ0v) is 12.2. The molecule has 0 bridgehead atoms. The molecule has 0 fully saturated rings. The highest BCUT2D eigenvalue weighted by Crippen LogP contribution is 2.29. The largest absolute Gasteiger partial charge is 0.481 e. The Balaban J connectivity index is 2.18. The molecule has 22 heavy (non-hydrogen) atoms. The second-order valence-corrected chi connectivity index (χ2v) is 5.67. The van der Waals surface area contributed by atoms with Gasteiger partial charge < -0.3 is 10.0 Å². The summed E-state index contributed by atoms with van der Waals surface area (Å²) in [6.07, 6.45) is -0.494. The van der Waals surface area contributed by atoms with Gasteiger partial charge in [0.25, 0.3) is 0 Å². The summed E-state index contributed by atoms with van der Waals surface area (Å²) in [5.74, 6) is -5.01. The topological polar surface area (TPSA) is 70.5 Å². The standard InChI is InChI=1S/C13H11F3N2O3S/c1-18(9(19)2-3-10(20)21)5-8-17-12-11(16)6(14)4-7(15)13(12)22-8/h4H,2-3,5H2,1H3,(H,20,21). The lowest BCUT2D eigenvalue weighted by molar-refractivity contribution is -0.140. The Kier molecular flexibility index (Phi) is 4.65. The summed E-state index contributed by atoms with van der Waals surface area (Å²) < 4.78 is 40.1. The number of hydrogen-bond acceptors (Lipinski definition) is 4. The van der Waals surface area contributed by atoms with Crippen molar-refractivity contribution < 1.29 is 27.9 Å². The van der Waals surface area contributed by atoms with Crippen molar-refractivity contribution in [2.24, 2.45) is 0 Å². The summed E-state index contributed by atoms with van der Waals surface area (Å²) >= 11 is 0.814. The third-order valence-corrected chi connectivity index (χ3v) is 3.96. The summed E-state index contributed by atoms with van der Waals surface area (Å²) in [6.45, 7) is -0.0434. The number of thiazole rings is 1. The molecule has 1 heterocycles. The van der Waals surface area contributed by atoms with Crippen LogP contribution in [0.15, 0.2) is 6.07 Å². The first-order valence-electron chi connectivity index (χ1n) is 6.18. The summed E-state index contributed by atoms with van der Waals surface area (Å²) in [4.78, 5) is 27.1. The minimum absolute atomic E-state index is 0.0434. The minimum atomic E-state index is -1.33.